The molecule has 7 heteroatoms. The van der Waals surface area contributed by atoms with Crippen molar-refractivity contribution in [1.29, 1.82) is 0 Å². The maximum absolute atomic E-state index is 12.5. The lowest BCUT2D eigenvalue weighted by atomic mass is 10.2. The Kier molecular flexibility index (Phi) is 6.14. The van der Waals surface area contributed by atoms with Crippen molar-refractivity contribution < 1.29 is 4.79 Å². The van der Waals surface area contributed by atoms with Crippen molar-refractivity contribution in [3.8, 4) is 0 Å². The fourth-order valence-electron chi connectivity index (χ4n) is 2.28. The molecule has 2 heterocycles. The quantitative estimate of drug-likeness (QED) is 0.720. The van der Waals surface area contributed by atoms with Gasteiger partial charge in [0.25, 0.3) is 5.91 Å². The van der Waals surface area contributed by atoms with Crippen LogP contribution in [0.4, 0.5) is 0 Å². The monoisotopic (exact) mass is 328 g/mol. The first-order chi connectivity index (χ1) is 10.1. The molecule has 0 aliphatic carbocycles. The predicted octanol–water partition coefficient (Wildman–Crippen LogP) is 1.57. The number of carbonyl (C=O) groups is 1. The van der Waals surface area contributed by atoms with Gasteiger partial charge in [-0.05, 0) is 32.9 Å². The molecule has 0 fully saturated rings. The molecule has 0 aromatic carbocycles. The van der Waals surface area contributed by atoms with Gasteiger partial charge in [0.05, 0.1) is 16.3 Å². The highest BCUT2D eigenvalue weighted by Crippen LogP contribution is 2.29. The van der Waals surface area contributed by atoms with Gasteiger partial charge in [-0.15, -0.1) is 0 Å². The number of allylic oxidation sites excluding steroid dienone is 3. The molecule has 1 amide bonds. The van der Waals surface area contributed by atoms with Gasteiger partial charge in [0.1, 0.15) is 5.17 Å². The molecule has 0 bridgehead atoms. The van der Waals surface area contributed by atoms with Gasteiger partial charge >= 0.3 is 0 Å². The topological polar surface area (TPSA) is 65.5 Å². The normalized spacial score (nSPS) is 28.7. The van der Waals surface area contributed by atoms with Gasteiger partial charge in [0, 0.05) is 18.8 Å². The summed E-state index contributed by atoms with van der Waals surface area (Å²) in [6.45, 7) is 3.41. The lowest BCUT2D eigenvalue weighted by Gasteiger charge is -2.15. The van der Waals surface area contributed by atoms with Crippen LogP contribution < -0.4 is 16.0 Å². The summed E-state index contributed by atoms with van der Waals surface area (Å²) < 4.78 is 0. The summed E-state index contributed by atoms with van der Waals surface area (Å²) in [6, 6.07) is 0.0821. The van der Waals surface area contributed by atoms with Crippen molar-refractivity contribution in [2.45, 2.75) is 31.2 Å². The summed E-state index contributed by atoms with van der Waals surface area (Å²) in [7, 11) is 1.88. The summed E-state index contributed by atoms with van der Waals surface area (Å²) in [5, 5.41) is 9.95. The molecule has 0 radical (unpaired) electrons. The Morgan fingerprint density at radius 3 is 3.14 bits per heavy atom. The second kappa shape index (κ2) is 7.87. The number of thioether (sulfide) groups is 1. The zero-order valence-electron chi connectivity index (χ0n) is 12.3. The van der Waals surface area contributed by atoms with Crippen LogP contribution in [0, 0.1) is 0 Å². The zero-order chi connectivity index (χ0) is 15.2. The average Bonchev–Trinajstić information content (AvgIpc) is 2.56. The number of hydrogen-bond donors (Lipinski definition) is 3. The minimum atomic E-state index is -0.0985. The van der Waals surface area contributed by atoms with E-state index in [2.05, 4.69) is 20.9 Å². The summed E-state index contributed by atoms with van der Waals surface area (Å²) in [6.07, 6.45) is 5.45. The van der Waals surface area contributed by atoms with Crippen LogP contribution in [0.25, 0.3) is 0 Å². The van der Waals surface area contributed by atoms with Crippen LogP contribution in [0.2, 0.25) is 0 Å². The Morgan fingerprint density at radius 1 is 1.57 bits per heavy atom. The van der Waals surface area contributed by atoms with Gasteiger partial charge in [-0.1, -0.05) is 29.4 Å². The van der Waals surface area contributed by atoms with E-state index in [0.29, 0.717) is 5.17 Å². The molecule has 0 saturated carbocycles. The summed E-state index contributed by atoms with van der Waals surface area (Å²) in [5.74, 6) is -0.0250. The molecule has 0 saturated heterocycles. The molecule has 0 aromatic heterocycles. The summed E-state index contributed by atoms with van der Waals surface area (Å²) >= 11 is 7.48. The molecule has 2 aliphatic heterocycles. The second-order valence-electron chi connectivity index (χ2n) is 5.03. The number of halogens is 1. The van der Waals surface area contributed by atoms with E-state index in [4.69, 9.17) is 11.6 Å². The minimum Gasteiger partial charge on any atom is -0.385 e. The Balaban J connectivity index is 2.22. The Morgan fingerprint density at radius 2 is 2.38 bits per heavy atom. The molecule has 116 valence electrons. The first kappa shape index (κ1) is 16.4. The van der Waals surface area contributed by atoms with E-state index >= 15 is 0 Å². The third kappa shape index (κ3) is 4.76. The average molecular weight is 329 g/mol. The third-order valence-electron chi connectivity index (χ3n) is 3.24. The SMILES string of the molecule is CNC[C@@H]1CNC2=C(SC(C)N=C(Cl)/C=C\CC2)C(=O)N1. The van der Waals surface area contributed by atoms with Crippen molar-refractivity contribution in [3.05, 3.63) is 22.8 Å². The Labute approximate surface area is 134 Å². The minimum absolute atomic E-state index is 0.0250. The number of likely N-dealkylation sites (N-methyl/N-ethyl adjacent to an activating group) is 1. The molecule has 2 aliphatic rings. The van der Waals surface area contributed by atoms with Gasteiger partial charge in [-0.3, -0.25) is 9.79 Å². The second-order valence-corrected chi connectivity index (χ2v) is 6.74. The van der Waals surface area contributed by atoms with E-state index in [1.54, 1.807) is 0 Å². The summed E-state index contributed by atoms with van der Waals surface area (Å²) in [4.78, 5) is 17.5. The van der Waals surface area contributed by atoms with Gasteiger partial charge < -0.3 is 16.0 Å². The first-order valence-corrected chi connectivity index (χ1v) is 8.35. The van der Waals surface area contributed by atoms with Crippen molar-refractivity contribution in [2.24, 2.45) is 4.99 Å². The number of nitrogens with zero attached hydrogens (tertiary/aromatic N) is 1. The number of aliphatic imine (C=N–C) groups is 1. The highest BCUT2D eigenvalue weighted by Gasteiger charge is 2.25. The van der Waals surface area contributed by atoms with Crippen LogP contribution in [0.5, 0.6) is 0 Å². The van der Waals surface area contributed by atoms with Crippen LogP contribution >= 0.6 is 23.4 Å². The van der Waals surface area contributed by atoms with Crippen LogP contribution in [0.1, 0.15) is 19.8 Å². The van der Waals surface area contributed by atoms with Crippen molar-refractivity contribution in [1.82, 2.24) is 16.0 Å². The van der Waals surface area contributed by atoms with Crippen LogP contribution in [0.3, 0.4) is 0 Å². The number of carbonyl (C=O) groups excluding carboxylic acids is 1. The molecular formula is C14H21ClN4OS. The van der Waals surface area contributed by atoms with Gasteiger partial charge in [0.15, 0.2) is 0 Å². The molecular weight excluding hydrogens is 308 g/mol. The molecule has 2 rings (SSSR count). The van der Waals surface area contributed by atoms with E-state index < -0.39 is 0 Å². The molecule has 1 unspecified atom stereocenters. The van der Waals surface area contributed by atoms with Crippen molar-refractivity contribution >= 4 is 34.4 Å². The number of nitrogens with one attached hydrogen (secondary N) is 3. The molecule has 3 N–H and O–H groups in total. The lowest BCUT2D eigenvalue weighted by Crippen LogP contribution is -2.44. The number of hydrogen-bond acceptors (Lipinski definition) is 5. The van der Waals surface area contributed by atoms with E-state index in [0.717, 1.165) is 36.5 Å². The van der Waals surface area contributed by atoms with Crippen LogP contribution in [-0.2, 0) is 4.79 Å². The smallest absolute Gasteiger partial charge is 0.259 e. The number of rotatable bonds is 2. The van der Waals surface area contributed by atoms with Crippen LogP contribution in [-0.4, -0.2) is 42.6 Å². The fourth-order valence-corrected chi connectivity index (χ4v) is 3.57. The van der Waals surface area contributed by atoms with E-state index in [1.165, 1.54) is 11.8 Å². The first-order valence-electron chi connectivity index (χ1n) is 7.09. The maximum atomic E-state index is 12.5. The zero-order valence-corrected chi connectivity index (χ0v) is 13.9. The van der Waals surface area contributed by atoms with Gasteiger partial charge in [-0.25, -0.2) is 0 Å². The fraction of sp³-hybridized carbons (Fsp3) is 0.571. The van der Waals surface area contributed by atoms with E-state index in [-0.39, 0.29) is 17.3 Å². The van der Waals surface area contributed by atoms with Crippen molar-refractivity contribution in [3.63, 3.8) is 0 Å². The lowest BCUT2D eigenvalue weighted by molar-refractivity contribution is -0.117. The predicted molar refractivity (Wildman–Crippen MR) is 89.6 cm³/mol. The molecule has 2 atom stereocenters. The van der Waals surface area contributed by atoms with Gasteiger partial charge in [-0.2, -0.15) is 0 Å². The standard InChI is InChI=1S/C14H21ClN4OS/c1-9-18-12(15)6-4-3-5-11-13(21-9)14(20)19-10(7-16-2)8-17-11/h4,6,9-10,16-17H,3,5,7-8H2,1-2H3,(H,19,20)/b6-4-,18-12?/t9?,10-/m1/s1. The van der Waals surface area contributed by atoms with Gasteiger partial charge in [0.2, 0.25) is 0 Å². The van der Waals surface area contributed by atoms with Crippen molar-refractivity contribution in [2.75, 3.05) is 20.1 Å². The highest BCUT2D eigenvalue weighted by molar-refractivity contribution is 8.04. The third-order valence-corrected chi connectivity index (χ3v) is 4.58. The highest BCUT2D eigenvalue weighted by atomic mass is 35.5. The molecule has 0 aromatic rings. The van der Waals surface area contributed by atoms with E-state index in [9.17, 15) is 4.79 Å². The van der Waals surface area contributed by atoms with E-state index in [1.807, 2.05) is 26.1 Å². The maximum Gasteiger partial charge on any atom is 0.259 e. The Hall–Kier alpha value is -0.980. The molecule has 5 nitrogen and oxygen atoms in total. The Bertz CT molecular complexity index is 489. The largest absolute Gasteiger partial charge is 0.385 e. The number of amides is 1. The molecule has 0 spiro atoms. The van der Waals surface area contributed by atoms with Crippen LogP contribution in [0.15, 0.2) is 27.7 Å². The summed E-state index contributed by atoms with van der Waals surface area (Å²) in [5.41, 5.74) is 1.00. The molecule has 21 heavy (non-hydrogen) atoms.